The van der Waals surface area contributed by atoms with Crippen LogP contribution in [0.2, 0.25) is 0 Å². The van der Waals surface area contributed by atoms with E-state index >= 15 is 0 Å². The van der Waals surface area contributed by atoms with Crippen LogP contribution in [-0.2, 0) is 4.74 Å². The van der Waals surface area contributed by atoms with Crippen LogP contribution in [0.5, 0.6) is 11.5 Å². The van der Waals surface area contributed by atoms with E-state index in [2.05, 4.69) is 10.2 Å². The predicted molar refractivity (Wildman–Crippen MR) is 102 cm³/mol. The van der Waals surface area contributed by atoms with Gasteiger partial charge in [-0.15, -0.1) is 0 Å². The second-order valence-corrected chi connectivity index (χ2v) is 6.82. The number of piperazine rings is 1. The largest absolute Gasteiger partial charge is 0.495 e. The van der Waals surface area contributed by atoms with Gasteiger partial charge in [-0.3, -0.25) is 0 Å². The second-order valence-electron chi connectivity index (χ2n) is 5.84. The number of methoxy groups -OCH3 is 3. The molecule has 0 atom stereocenters. The quantitative estimate of drug-likeness (QED) is 0.770. The van der Waals surface area contributed by atoms with Crippen LogP contribution < -0.4 is 19.7 Å². The Morgan fingerprint density at radius 3 is 2.50 bits per heavy atom. The third-order valence-corrected chi connectivity index (χ3v) is 5.45. The third kappa shape index (κ3) is 3.78. The molecule has 1 aromatic heterocycles. The van der Waals surface area contributed by atoms with E-state index in [0.29, 0.717) is 26.2 Å². The van der Waals surface area contributed by atoms with E-state index in [1.165, 1.54) is 0 Å². The summed E-state index contributed by atoms with van der Waals surface area (Å²) in [7, 11) is 4.91. The number of nitrogens with zero attached hydrogens (tertiary/aromatic N) is 3. The number of fused-ring (bicyclic) bond motifs is 1. The number of benzene rings is 1. The molecular formula is C17H24N4O4S. The number of ether oxygens (including phenoxy) is 3. The summed E-state index contributed by atoms with van der Waals surface area (Å²) in [6.45, 7) is 3.82. The van der Waals surface area contributed by atoms with E-state index in [1.54, 1.807) is 32.7 Å². The van der Waals surface area contributed by atoms with Gasteiger partial charge in [0.15, 0.2) is 5.13 Å². The molecule has 9 heteroatoms. The van der Waals surface area contributed by atoms with E-state index in [1.807, 2.05) is 17.0 Å². The summed E-state index contributed by atoms with van der Waals surface area (Å²) >= 11 is 1.59. The average Bonchev–Trinajstić information content (AvgIpc) is 3.13. The number of thiazole rings is 1. The number of nitrogens with one attached hydrogen (secondary N) is 1. The van der Waals surface area contributed by atoms with Gasteiger partial charge in [-0.25, -0.2) is 9.78 Å². The SMILES string of the molecule is COCCNC(=O)N1CCN(c2nc3c(OC)ccc(OC)c3s2)CC1. The summed E-state index contributed by atoms with van der Waals surface area (Å²) in [5, 5.41) is 3.78. The Hall–Kier alpha value is -2.26. The highest BCUT2D eigenvalue weighted by atomic mass is 32.1. The van der Waals surface area contributed by atoms with Crippen molar-refractivity contribution in [2.45, 2.75) is 0 Å². The first kappa shape index (κ1) is 18.5. The molecule has 2 amide bonds. The molecule has 1 aromatic carbocycles. The Bertz CT molecular complexity index is 718. The van der Waals surface area contributed by atoms with Crippen LogP contribution >= 0.6 is 11.3 Å². The van der Waals surface area contributed by atoms with Crippen molar-refractivity contribution in [3.8, 4) is 11.5 Å². The van der Waals surface area contributed by atoms with Gasteiger partial charge in [-0.2, -0.15) is 0 Å². The molecule has 0 radical (unpaired) electrons. The van der Waals surface area contributed by atoms with Crippen LogP contribution in [0.4, 0.5) is 9.93 Å². The highest BCUT2D eigenvalue weighted by molar-refractivity contribution is 7.22. The van der Waals surface area contributed by atoms with Crippen molar-refractivity contribution in [3.05, 3.63) is 12.1 Å². The number of rotatable bonds is 6. The molecule has 0 aliphatic carbocycles. The first-order valence-corrected chi connectivity index (χ1v) is 9.27. The van der Waals surface area contributed by atoms with Crippen LogP contribution in [0.3, 0.4) is 0 Å². The molecule has 0 spiro atoms. The molecule has 2 heterocycles. The lowest BCUT2D eigenvalue weighted by Crippen LogP contribution is -2.52. The zero-order chi connectivity index (χ0) is 18.5. The first-order valence-electron chi connectivity index (χ1n) is 8.46. The summed E-state index contributed by atoms with van der Waals surface area (Å²) in [5.41, 5.74) is 0.812. The van der Waals surface area contributed by atoms with Crippen molar-refractivity contribution in [3.63, 3.8) is 0 Å². The second kappa shape index (κ2) is 8.41. The van der Waals surface area contributed by atoms with Gasteiger partial charge < -0.3 is 29.3 Å². The summed E-state index contributed by atoms with van der Waals surface area (Å²) in [6.07, 6.45) is 0. The van der Waals surface area contributed by atoms with Crippen molar-refractivity contribution in [1.82, 2.24) is 15.2 Å². The highest BCUT2D eigenvalue weighted by Gasteiger charge is 2.24. The minimum Gasteiger partial charge on any atom is -0.495 e. The van der Waals surface area contributed by atoms with Crippen LogP contribution in [0.15, 0.2) is 12.1 Å². The van der Waals surface area contributed by atoms with Gasteiger partial charge in [0.1, 0.15) is 21.7 Å². The normalized spacial score (nSPS) is 14.6. The zero-order valence-electron chi connectivity index (χ0n) is 15.3. The van der Waals surface area contributed by atoms with Gasteiger partial charge in [-0.1, -0.05) is 11.3 Å². The predicted octanol–water partition coefficient (Wildman–Crippen LogP) is 1.79. The maximum absolute atomic E-state index is 12.1. The van der Waals surface area contributed by atoms with Crippen LogP contribution in [0.1, 0.15) is 0 Å². The number of hydrogen-bond donors (Lipinski definition) is 1. The van der Waals surface area contributed by atoms with Crippen molar-refractivity contribution in [2.75, 3.05) is 65.6 Å². The molecular weight excluding hydrogens is 356 g/mol. The average molecular weight is 380 g/mol. The number of amides is 2. The Labute approximate surface area is 156 Å². The number of urea groups is 1. The highest BCUT2D eigenvalue weighted by Crippen LogP contribution is 2.40. The van der Waals surface area contributed by atoms with Gasteiger partial charge >= 0.3 is 6.03 Å². The number of hydrogen-bond acceptors (Lipinski definition) is 7. The lowest BCUT2D eigenvalue weighted by molar-refractivity contribution is 0.177. The summed E-state index contributed by atoms with van der Waals surface area (Å²) in [6, 6.07) is 3.72. The standard InChI is InChI=1S/C17H24N4O4S/c1-23-11-6-18-16(22)20-7-9-21(10-8-20)17-19-14-12(24-2)4-5-13(25-3)15(14)26-17/h4-5H,6-11H2,1-3H3,(H,18,22). The van der Waals surface area contributed by atoms with Crippen molar-refractivity contribution in [1.29, 1.82) is 0 Å². The molecule has 0 saturated carbocycles. The fourth-order valence-electron chi connectivity index (χ4n) is 2.88. The molecule has 1 saturated heterocycles. The van der Waals surface area contributed by atoms with E-state index in [4.69, 9.17) is 19.2 Å². The fraction of sp³-hybridized carbons (Fsp3) is 0.529. The Morgan fingerprint density at radius 1 is 1.15 bits per heavy atom. The number of aromatic nitrogens is 1. The molecule has 1 fully saturated rings. The van der Waals surface area contributed by atoms with Crippen LogP contribution in [0.25, 0.3) is 10.2 Å². The van der Waals surface area contributed by atoms with E-state index < -0.39 is 0 Å². The number of carbonyl (C=O) groups is 1. The van der Waals surface area contributed by atoms with E-state index in [-0.39, 0.29) is 6.03 Å². The first-order chi connectivity index (χ1) is 12.7. The Morgan fingerprint density at radius 2 is 1.85 bits per heavy atom. The monoisotopic (exact) mass is 380 g/mol. The molecule has 2 aromatic rings. The summed E-state index contributed by atoms with van der Waals surface area (Å²) < 4.78 is 16.8. The van der Waals surface area contributed by atoms with E-state index in [0.717, 1.165) is 39.9 Å². The fourth-order valence-corrected chi connectivity index (χ4v) is 4.01. The van der Waals surface area contributed by atoms with Gasteiger partial charge in [0, 0.05) is 39.8 Å². The zero-order valence-corrected chi connectivity index (χ0v) is 16.1. The van der Waals surface area contributed by atoms with Gasteiger partial charge in [0.25, 0.3) is 0 Å². The molecule has 0 unspecified atom stereocenters. The van der Waals surface area contributed by atoms with E-state index in [9.17, 15) is 4.79 Å². The maximum Gasteiger partial charge on any atom is 0.317 e. The smallest absolute Gasteiger partial charge is 0.317 e. The Kier molecular flexibility index (Phi) is 6.00. The van der Waals surface area contributed by atoms with Gasteiger partial charge in [0.2, 0.25) is 0 Å². The Balaban J connectivity index is 1.69. The molecule has 8 nitrogen and oxygen atoms in total. The molecule has 1 aliphatic rings. The molecule has 1 N–H and O–H groups in total. The number of anilines is 1. The van der Waals surface area contributed by atoms with Crippen molar-refractivity contribution in [2.24, 2.45) is 0 Å². The van der Waals surface area contributed by atoms with Crippen LogP contribution in [-0.4, -0.2) is 76.6 Å². The minimum absolute atomic E-state index is 0.0469. The topological polar surface area (TPSA) is 76.2 Å². The lowest BCUT2D eigenvalue weighted by atomic mass is 10.3. The molecule has 1 aliphatic heterocycles. The van der Waals surface area contributed by atoms with Crippen molar-refractivity contribution >= 4 is 32.7 Å². The minimum atomic E-state index is -0.0469. The number of carbonyl (C=O) groups excluding carboxylic acids is 1. The summed E-state index contributed by atoms with van der Waals surface area (Å²) in [4.78, 5) is 20.9. The third-order valence-electron chi connectivity index (χ3n) is 4.32. The molecule has 26 heavy (non-hydrogen) atoms. The molecule has 142 valence electrons. The summed E-state index contributed by atoms with van der Waals surface area (Å²) in [5.74, 6) is 1.53. The maximum atomic E-state index is 12.1. The van der Waals surface area contributed by atoms with Gasteiger partial charge in [-0.05, 0) is 12.1 Å². The molecule has 0 bridgehead atoms. The van der Waals surface area contributed by atoms with Crippen LogP contribution in [0, 0.1) is 0 Å². The molecule has 3 rings (SSSR count). The van der Waals surface area contributed by atoms with Crippen molar-refractivity contribution < 1.29 is 19.0 Å². The van der Waals surface area contributed by atoms with Gasteiger partial charge in [0.05, 0.1) is 20.8 Å². The lowest BCUT2D eigenvalue weighted by Gasteiger charge is -2.34.